The van der Waals surface area contributed by atoms with E-state index in [2.05, 4.69) is 78.4 Å². The van der Waals surface area contributed by atoms with E-state index in [0.717, 1.165) is 43.6 Å². The summed E-state index contributed by atoms with van der Waals surface area (Å²) in [6, 6.07) is 30.7. The Balaban J connectivity index is 0.000000118. The SMILES string of the molecule is O=C1C(=O)c2cccnc2-c2ncccc21.[Ru+2].c1cnc2c(c1)ccc1cccnc12.c1cnc2c(c1)ccc1cccnc12. The molecule has 1 aliphatic rings. The molecule has 9 rings (SSSR count). The Morgan fingerprint density at radius 3 is 0.911 bits per heavy atom. The first kappa shape index (κ1) is 29.4. The Morgan fingerprint density at radius 1 is 0.333 bits per heavy atom. The second kappa shape index (κ2) is 12.9. The van der Waals surface area contributed by atoms with Gasteiger partial charge in [0.1, 0.15) is 11.4 Å². The van der Waals surface area contributed by atoms with Gasteiger partial charge in [0.05, 0.1) is 33.2 Å². The summed E-state index contributed by atoms with van der Waals surface area (Å²) in [4.78, 5) is 49.1. The number of fused-ring (bicyclic) bond motifs is 9. The van der Waals surface area contributed by atoms with Crippen molar-refractivity contribution in [2.75, 3.05) is 0 Å². The average Bonchev–Trinajstić information content (AvgIpc) is 3.11. The van der Waals surface area contributed by atoms with Crippen LogP contribution in [0.2, 0.25) is 0 Å². The van der Waals surface area contributed by atoms with Crippen LogP contribution < -0.4 is 0 Å². The molecule has 0 saturated carbocycles. The quantitative estimate of drug-likeness (QED) is 0.0955. The van der Waals surface area contributed by atoms with E-state index >= 15 is 0 Å². The Hall–Kier alpha value is -5.66. The van der Waals surface area contributed by atoms with Crippen molar-refractivity contribution in [1.29, 1.82) is 0 Å². The van der Waals surface area contributed by atoms with Crippen molar-refractivity contribution in [3.8, 4) is 11.4 Å². The predicted octanol–water partition coefficient (Wildman–Crippen LogP) is 7.09. The van der Waals surface area contributed by atoms with Crippen LogP contribution in [0, 0.1) is 0 Å². The summed E-state index contributed by atoms with van der Waals surface area (Å²) in [6.07, 6.45) is 10.4. The van der Waals surface area contributed by atoms with Gasteiger partial charge < -0.3 is 0 Å². The molecule has 0 unspecified atom stereocenters. The smallest absolute Gasteiger partial charge is 0.285 e. The average molecular weight is 672 g/mol. The number of ketones is 2. The van der Waals surface area contributed by atoms with E-state index in [-0.39, 0.29) is 19.5 Å². The molecule has 0 amide bonds. The zero-order valence-electron chi connectivity index (χ0n) is 23.6. The maximum absolute atomic E-state index is 11.8. The number of nitrogens with zero attached hydrogens (tertiary/aromatic N) is 6. The van der Waals surface area contributed by atoms with Gasteiger partial charge in [-0.05, 0) is 48.5 Å². The Bertz CT molecular complexity index is 2090. The van der Waals surface area contributed by atoms with E-state index in [9.17, 15) is 9.59 Å². The van der Waals surface area contributed by atoms with E-state index in [1.54, 1.807) is 61.4 Å². The number of hydrogen-bond donors (Lipinski definition) is 0. The summed E-state index contributed by atoms with van der Waals surface area (Å²) in [6.45, 7) is 0. The number of Topliss-reactive ketones (excluding diaryl/α,β-unsaturated/α-hetero) is 2. The Morgan fingerprint density at radius 2 is 0.600 bits per heavy atom. The number of aromatic nitrogens is 6. The van der Waals surface area contributed by atoms with Gasteiger partial charge in [-0.15, -0.1) is 0 Å². The molecule has 0 bridgehead atoms. The van der Waals surface area contributed by atoms with Crippen molar-refractivity contribution in [2.24, 2.45) is 0 Å². The molecule has 214 valence electrons. The van der Waals surface area contributed by atoms with Crippen molar-refractivity contribution < 1.29 is 29.1 Å². The van der Waals surface area contributed by atoms with Crippen molar-refractivity contribution in [3.05, 3.63) is 145 Å². The normalized spacial score (nSPS) is 11.5. The molecular formula is C36H22N6O2Ru+2. The van der Waals surface area contributed by atoms with E-state index in [1.807, 2.05) is 24.3 Å². The molecular weight excluding hydrogens is 650 g/mol. The zero-order valence-corrected chi connectivity index (χ0v) is 25.3. The fourth-order valence-corrected chi connectivity index (χ4v) is 5.16. The van der Waals surface area contributed by atoms with Crippen LogP contribution in [0.5, 0.6) is 0 Å². The van der Waals surface area contributed by atoms with Gasteiger partial charge in [0.15, 0.2) is 0 Å². The minimum atomic E-state index is -0.511. The Kier molecular flexibility index (Phi) is 8.44. The van der Waals surface area contributed by atoms with Gasteiger partial charge in [0.25, 0.3) is 0 Å². The second-order valence-corrected chi connectivity index (χ2v) is 9.89. The maximum atomic E-state index is 11.8. The monoisotopic (exact) mass is 672 g/mol. The van der Waals surface area contributed by atoms with Crippen LogP contribution in [0.25, 0.3) is 55.0 Å². The number of rotatable bonds is 0. The first-order chi connectivity index (χ1) is 21.7. The van der Waals surface area contributed by atoms with Crippen molar-refractivity contribution in [2.45, 2.75) is 0 Å². The summed E-state index contributed by atoms with van der Waals surface area (Å²) in [5, 5.41) is 4.55. The summed E-state index contributed by atoms with van der Waals surface area (Å²) >= 11 is 0. The second-order valence-electron chi connectivity index (χ2n) is 9.89. The molecule has 0 saturated heterocycles. The van der Waals surface area contributed by atoms with Gasteiger partial charge in [0.2, 0.25) is 11.6 Å². The van der Waals surface area contributed by atoms with E-state index in [4.69, 9.17) is 0 Å². The molecule has 6 heterocycles. The minimum Gasteiger partial charge on any atom is -0.285 e. The predicted molar refractivity (Wildman–Crippen MR) is 170 cm³/mol. The molecule has 2 aromatic carbocycles. The van der Waals surface area contributed by atoms with E-state index in [0.29, 0.717) is 22.5 Å². The number of hydrogen-bond acceptors (Lipinski definition) is 8. The third-order valence-corrected chi connectivity index (χ3v) is 7.22. The van der Waals surface area contributed by atoms with Crippen molar-refractivity contribution in [3.63, 3.8) is 0 Å². The molecule has 1 aliphatic carbocycles. The van der Waals surface area contributed by atoms with Crippen LogP contribution in [-0.2, 0) is 19.5 Å². The zero-order chi connectivity index (χ0) is 29.9. The van der Waals surface area contributed by atoms with E-state index < -0.39 is 11.6 Å². The molecule has 45 heavy (non-hydrogen) atoms. The third-order valence-electron chi connectivity index (χ3n) is 7.22. The molecule has 8 aromatic rings. The van der Waals surface area contributed by atoms with Crippen LogP contribution in [0.15, 0.2) is 134 Å². The summed E-state index contributed by atoms with van der Waals surface area (Å²) in [5.74, 6) is -1.02. The van der Waals surface area contributed by atoms with Gasteiger partial charge in [0, 0.05) is 58.7 Å². The molecule has 0 fully saturated rings. The van der Waals surface area contributed by atoms with Crippen LogP contribution in [-0.4, -0.2) is 41.5 Å². The van der Waals surface area contributed by atoms with Gasteiger partial charge in [-0.1, -0.05) is 48.5 Å². The Labute approximate surface area is 270 Å². The molecule has 0 atom stereocenters. The van der Waals surface area contributed by atoms with Crippen molar-refractivity contribution >= 4 is 55.2 Å². The van der Waals surface area contributed by atoms with Gasteiger partial charge in [-0.2, -0.15) is 0 Å². The number of pyridine rings is 6. The van der Waals surface area contributed by atoms with Gasteiger partial charge in [-0.3, -0.25) is 39.5 Å². The summed E-state index contributed by atoms with van der Waals surface area (Å²) < 4.78 is 0. The molecule has 8 nitrogen and oxygen atoms in total. The maximum Gasteiger partial charge on any atom is 2.00 e. The largest absolute Gasteiger partial charge is 2.00 e. The molecule has 0 radical (unpaired) electrons. The third kappa shape index (κ3) is 5.69. The molecule has 0 aliphatic heterocycles. The first-order valence-electron chi connectivity index (χ1n) is 13.9. The van der Waals surface area contributed by atoms with Crippen LogP contribution in [0.4, 0.5) is 0 Å². The summed E-state index contributed by atoms with van der Waals surface area (Å²) in [7, 11) is 0. The standard InChI is InChI=1S/C12H6N2O2.2C12H8N2.Ru/c15-11-7-3-1-5-13-9(7)10-8(12(11)16)4-2-6-14-10;2*1-3-9-5-6-10-4-2-8-14-12(10)11(9)13-7-1;/h1-6H;2*1-8H;/q;;;+2. The number of carbonyl (C=O) groups is 2. The topological polar surface area (TPSA) is 111 Å². The van der Waals surface area contributed by atoms with Gasteiger partial charge >= 0.3 is 19.5 Å². The fraction of sp³-hybridized carbons (Fsp3) is 0. The number of benzene rings is 2. The molecule has 0 N–H and O–H groups in total. The summed E-state index contributed by atoms with van der Waals surface area (Å²) in [5.41, 5.74) is 5.55. The van der Waals surface area contributed by atoms with Crippen molar-refractivity contribution in [1.82, 2.24) is 29.9 Å². The molecule has 9 heteroatoms. The van der Waals surface area contributed by atoms with Crippen LogP contribution in [0.3, 0.4) is 0 Å². The van der Waals surface area contributed by atoms with E-state index in [1.165, 1.54) is 0 Å². The fourth-order valence-electron chi connectivity index (χ4n) is 5.16. The number of carbonyl (C=O) groups excluding carboxylic acids is 2. The minimum absolute atomic E-state index is 0. The molecule has 6 aromatic heterocycles. The molecule has 0 spiro atoms. The van der Waals surface area contributed by atoms with Crippen LogP contribution in [0.1, 0.15) is 20.7 Å². The van der Waals surface area contributed by atoms with Crippen LogP contribution >= 0.6 is 0 Å². The first-order valence-corrected chi connectivity index (χ1v) is 13.9. The van der Waals surface area contributed by atoms with Gasteiger partial charge in [-0.25, -0.2) is 0 Å².